The van der Waals surface area contributed by atoms with E-state index in [2.05, 4.69) is 43.5 Å². The van der Waals surface area contributed by atoms with Crippen molar-refractivity contribution in [2.24, 2.45) is 17.6 Å². The van der Waals surface area contributed by atoms with E-state index in [1.165, 1.54) is 34.9 Å². The Balaban J connectivity index is 1.84. The van der Waals surface area contributed by atoms with E-state index in [1.54, 1.807) is 0 Å². The molecule has 0 spiro atoms. The number of hydrogen-bond donors (Lipinski definition) is 1. The van der Waals surface area contributed by atoms with Crippen molar-refractivity contribution < 1.29 is 0 Å². The number of rotatable bonds is 2. The predicted octanol–water partition coefficient (Wildman–Crippen LogP) is 4.60. The summed E-state index contributed by atoms with van der Waals surface area (Å²) in [5, 5.41) is 3.71. The Morgan fingerprint density at radius 2 is 2.05 bits per heavy atom. The minimum absolute atomic E-state index is 0.00969. The summed E-state index contributed by atoms with van der Waals surface area (Å²) in [6.45, 7) is 4.72. The van der Waals surface area contributed by atoms with Crippen LogP contribution in [0.1, 0.15) is 38.7 Å². The highest BCUT2D eigenvalue weighted by Crippen LogP contribution is 2.38. The summed E-state index contributed by atoms with van der Waals surface area (Å²) < 4.78 is 1.39. The zero-order chi connectivity index (χ0) is 13.5. The number of thiophene rings is 1. The lowest BCUT2D eigenvalue weighted by atomic mass is 9.69. The highest BCUT2D eigenvalue weighted by Gasteiger charge is 2.34. The minimum Gasteiger partial charge on any atom is -0.325 e. The van der Waals surface area contributed by atoms with Gasteiger partial charge in [-0.25, -0.2) is 0 Å². The number of benzene rings is 1. The van der Waals surface area contributed by atoms with Gasteiger partial charge in [0.15, 0.2) is 0 Å². The molecule has 0 radical (unpaired) electrons. The summed E-state index contributed by atoms with van der Waals surface area (Å²) in [7, 11) is 0. The van der Waals surface area contributed by atoms with Crippen LogP contribution in [0.3, 0.4) is 0 Å². The molecular weight excluding hydrogens is 250 g/mol. The molecule has 19 heavy (non-hydrogen) atoms. The number of hydrogen-bond acceptors (Lipinski definition) is 2. The molecule has 1 heterocycles. The molecule has 0 bridgehead atoms. The molecule has 2 aromatic rings. The molecule has 2 N–H and O–H groups in total. The average Bonchev–Trinajstić information content (AvgIpc) is 2.78. The van der Waals surface area contributed by atoms with Crippen LogP contribution in [0.5, 0.6) is 0 Å². The lowest BCUT2D eigenvalue weighted by molar-refractivity contribution is 0.176. The monoisotopic (exact) mass is 273 g/mol. The molecule has 0 aliphatic heterocycles. The van der Waals surface area contributed by atoms with Crippen molar-refractivity contribution in [2.75, 3.05) is 0 Å². The Bertz CT molecular complexity index is 573. The Kier molecular flexibility index (Phi) is 3.40. The van der Waals surface area contributed by atoms with E-state index >= 15 is 0 Å². The van der Waals surface area contributed by atoms with Gasteiger partial charge in [0, 0.05) is 10.2 Å². The van der Waals surface area contributed by atoms with Gasteiger partial charge in [-0.15, -0.1) is 11.3 Å². The van der Waals surface area contributed by atoms with Gasteiger partial charge in [0.2, 0.25) is 0 Å². The van der Waals surface area contributed by atoms with Gasteiger partial charge < -0.3 is 5.73 Å². The summed E-state index contributed by atoms with van der Waals surface area (Å²) >= 11 is 1.85. The highest BCUT2D eigenvalue weighted by atomic mass is 32.1. The first-order chi connectivity index (χ1) is 9.07. The second-order valence-corrected chi connectivity index (χ2v) is 7.40. The third kappa shape index (κ3) is 2.56. The van der Waals surface area contributed by atoms with Crippen LogP contribution < -0.4 is 5.73 Å². The summed E-state index contributed by atoms with van der Waals surface area (Å²) in [4.78, 5) is 0. The molecule has 1 nitrogen and oxygen atoms in total. The zero-order valence-corrected chi connectivity index (χ0v) is 12.7. The Morgan fingerprint density at radius 1 is 1.26 bits per heavy atom. The summed E-state index contributed by atoms with van der Waals surface area (Å²) in [5.74, 6) is 1.58. The van der Waals surface area contributed by atoms with Crippen LogP contribution in [0.4, 0.5) is 0 Å². The third-order valence-electron chi connectivity index (χ3n) is 4.90. The van der Waals surface area contributed by atoms with Gasteiger partial charge in [-0.05, 0) is 59.9 Å². The predicted molar refractivity (Wildman–Crippen MR) is 84.6 cm³/mol. The van der Waals surface area contributed by atoms with Crippen molar-refractivity contribution in [1.29, 1.82) is 0 Å². The second kappa shape index (κ2) is 4.92. The van der Waals surface area contributed by atoms with Crippen molar-refractivity contribution in [2.45, 2.75) is 45.1 Å². The van der Waals surface area contributed by atoms with E-state index in [4.69, 9.17) is 5.73 Å². The molecule has 1 aromatic heterocycles. The Labute approximate surface area is 119 Å². The molecule has 3 unspecified atom stereocenters. The Morgan fingerprint density at radius 3 is 2.84 bits per heavy atom. The van der Waals surface area contributed by atoms with Crippen molar-refractivity contribution >= 4 is 21.4 Å². The van der Waals surface area contributed by atoms with E-state index in [9.17, 15) is 0 Å². The molecule has 0 amide bonds. The Hall–Kier alpha value is -0.860. The summed E-state index contributed by atoms with van der Waals surface area (Å²) in [6, 6.07) is 8.69. The van der Waals surface area contributed by atoms with Crippen molar-refractivity contribution in [3.05, 3.63) is 35.2 Å². The van der Waals surface area contributed by atoms with Crippen LogP contribution in [0.15, 0.2) is 29.6 Å². The fourth-order valence-corrected chi connectivity index (χ4v) is 4.42. The van der Waals surface area contributed by atoms with Gasteiger partial charge in [-0.1, -0.05) is 32.0 Å². The first kappa shape index (κ1) is 13.1. The van der Waals surface area contributed by atoms with E-state index in [0.717, 1.165) is 18.3 Å². The summed E-state index contributed by atoms with van der Waals surface area (Å²) in [5.41, 5.74) is 8.16. The zero-order valence-electron chi connectivity index (χ0n) is 11.9. The molecule has 2 heteroatoms. The molecule has 0 saturated heterocycles. The van der Waals surface area contributed by atoms with Crippen LogP contribution in [0, 0.1) is 11.8 Å². The number of fused-ring (bicyclic) bond motifs is 1. The molecule has 1 saturated carbocycles. The first-order valence-electron chi connectivity index (χ1n) is 7.31. The van der Waals surface area contributed by atoms with Crippen molar-refractivity contribution in [3.8, 4) is 0 Å². The minimum atomic E-state index is 0.00969. The van der Waals surface area contributed by atoms with Crippen LogP contribution in [0.25, 0.3) is 10.1 Å². The van der Waals surface area contributed by atoms with Crippen LogP contribution in [0.2, 0.25) is 0 Å². The molecule has 1 fully saturated rings. The standard InChI is InChI=1S/C17H23NS/c1-12-7-8-17(18,9-13(12)2)10-14-11-19-16-6-4-3-5-15(14)16/h3-6,11-13H,7-10,18H2,1-2H3. The average molecular weight is 273 g/mol. The summed E-state index contributed by atoms with van der Waals surface area (Å²) in [6.07, 6.45) is 4.65. The van der Waals surface area contributed by atoms with E-state index < -0.39 is 0 Å². The van der Waals surface area contributed by atoms with Gasteiger partial charge in [-0.2, -0.15) is 0 Å². The molecule has 3 atom stereocenters. The molecule has 102 valence electrons. The van der Waals surface area contributed by atoms with Crippen molar-refractivity contribution in [3.63, 3.8) is 0 Å². The third-order valence-corrected chi connectivity index (χ3v) is 5.91. The maximum Gasteiger partial charge on any atom is 0.0345 e. The molecule has 1 aliphatic rings. The van der Waals surface area contributed by atoms with Gasteiger partial charge in [0.1, 0.15) is 0 Å². The first-order valence-corrected chi connectivity index (χ1v) is 8.19. The van der Waals surface area contributed by atoms with E-state index in [1.807, 2.05) is 11.3 Å². The lowest BCUT2D eigenvalue weighted by Crippen LogP contribution is -2.47. The number of nitrogens with two attached hydrogens (primary N) is 1. The smallest absolute Gasteiger partial charge is 0.0345 e. The van der Waals surface area contributed by atoms with Gasteiger partial charge in [-0.3, -0.25) is 0 Å². The largest absolute Gasteiger partial charge is 0.325 e. The van der Waals surface area contributed by atoms with Crippen LogP contribution in [-0.4, -0.2) is 5.54 Å². The van der Waals surface area contributed by atoms with Gasteiger partial charge in [0.25, 0.3) is 0 Å². The maximum absolute atomic E-state index is 6.70. The molecule has 1 aromatic carbocycles. The quantitative estimate of drug-likeness (QED) is 0.850. The van der Waals surface area contributed by atoms with Crippen molar-refractivity contribution in [1.82, 2.24) is 0 Å². The maximum atomic E-state index is 6.70. The lowest BCUT2D eigenvalue weighted by Gasteiger charge is -2.40. The van der Waals surface area contributed by atoms with Gasteiger partial charge >= 0.3 is 0 Å². The van der Waals surface area contributed by atoms with E-state index in [-0.39, 0.29) is 5.54 Å². The second-order valence-electron chi connectivity index (χ2n) is 6.49. The van der Waals surface area contributed by atoms with Crippen LogP contribution in [-0.2, 0) is 6.42 Å². The molecule has 3 rings (SSSR count). The fourth-order valence-electron chi connectivity index (χ4n) is 3.45. The molecular formula is C17H23NS. The normalized spacial score (nSPS) is 31.7. The molecule has 1 aliphatic carbocycles. The topological polar surface area (TPSA) is 26.0 Å². The van der Waals surface area contributed by atoms with Crippen LogP contribution >= 0.6 is 11.3 Å². The SMILES string of the molecule is CC1CCC(N)(Cc2csc3ccccc23)CC1C. The highest BCUT2D eigenvalue weighted by molar-refractivity contribution is 7.17. The fraction of sp³-hybridized carbons (Fsp3) is 0.529. The van der Waals surface area contributed by atoms with E-state index in [0.29, 0.717) is 0 Å². The van der Waals surface area contributed by atoms with Gasteiger partial charge in [0.05, 0.1) is 0 Å².